The molecule has 0 fully saturated rings. The minimum Gasteiger partial charge on any atom is -0.507 e. The van der Waals surface area contributed by atoms with Gasteiger partial charge >= 0.3 is 0 Å². The van der Waals surface area contributed by atoms with Gasteiger partial charge in [-0.2, -0.15) is 0 Å². The molecule has 7 heteroatoms. The predicted molar refractivity (Wildman–Crippen MR) is 82.4 cm³/mol. The fraction of sp³-hybridized carbons (Fsp3) is 0.412. The smallest absolute Gasteiger partial charge is 0.232 e. The van der Waals surface area contributed by atoms with Crippen molar-refractivity contribution in [1.82, 2.24) is 0 Å². The van der Waals surface area contributed by atoms with Gasteiger partial charge in [-0.3, -0.25) is 9.59 Å². The van der Waals surface area contributed by atoms with Gasteiger partial charge in [-0.15, -0.1) is 0 Å². The standard InChI is InChI=1S/C17H18O7/c1-7(18)5-8-3-4-9-14(20)12-10(19)6-11(23-2)15(21)13(12)16(22)17(9)24-8/h6-8,18-19,21H,3-5H2,1-2H3. The maximum atomic E-state index is 12.7. The van der Waals surface area contributed by atoms with Gasteiger partial charge in [0.15, 0.2) is 23.0 Å². The molecule has 3 rings (SSSR count). The van der Waals surface area contributed by atoms with Crippen LogP contribution in [0.1, 0.15) is 46.9 Å². The molecular formula is C17H18O7. The number of methoxy groups -OCH3 is 1. The van der Waals surface area contributed by atoms with E-state index in [1.807, 2.05) is 0 Å². The molecule has 1 aliphatic heterocycles. The minimum atomic E-state index is -0.665. The van der Waals surface area contributed by atoms with Crippen molar-refractivity contribution in [3.05, 3.63) is 28.5 Å². The lowest BCUT2D eigenvalue weighted by Crippen LogP contribution is -2.32. The van der Waals surface area contributed by atoms with Crippen LogP contribution in [0.4, 0.5) is 0 Å². The number of rotatable bonds is 3. The Balaban J connectivity index is 2.09. The summed E-state index contributed by atoms with van der Waals surface area (Å²) in [5, 5.41) is 29.8. The molecule has 1 aromatic carbocycles. The Morgan fingerprint density at radius 1 is 1.29 bits per heavy atom. The number of carbonyl (C=O) groups is 2. The highest BCUT2D eigenvalue weighted by Crippen LogP contribution is 2.45. The molecule has 128 valence electrons. The van der Waals surface area contributed by atoms with Crippen LogP contribution in [-0.2, 0) is 4.74 Å². The van der Waals surface area contributed by atoms with Gasteiger partial charge in [-0.05, 0) is 19.8 Å². The predicted octanol–water partition coefficient (Wildman–Crippen LogP) is 1.69. The van der Waals surface area contributed by atoms with E-state index < -0.39 is 29.2 Å². The maximum Gasteiger partial charge on any atom is 0.232 e. The van der Waals surface area contributed by atoms with Crippen molar-refractivity contribution in [2.45, 2.75) is 38.4 Å². The number of Topliss-reactive ketones (excluding diaryl/α,β-unsaturated/α-hetero) is 2. The van der Waals surface area contributed by atoms with Gasteiger partial charge in [0.25, 0.3) is 0 Å². The molecule has 0 radical (unpaired) electrons. The number of allylic oxidation sites excluding steroid dienone is 2. The molecule has 1 aromatic rings. The highest BCUT2D eigenvalue weighted by molar-refractivity contribution is 6.28. The summed E-state index contributed by atoms with van der Waals surface area (Å²) in [4.78, 5) is 25.4. The number of carbonyl (C=O) groups excluding carboxylic acids is 2. The normalized spacial score (nSPS) is 21.0. The summed E-state index contributed by atoms with van der Waals surface area (Å²) in [7, 11) is 1.27. The molecule has 0 bridgehead atoms. The Hall–Kier alpha value is -2.54. The number of phenols is 2. The first-order valence-corrected chi connectivity index (χ1v) is 7.65. The molecule has 2 atom stereocenters. The van der Waals surface area contributed by atoms with E-state index >= 15 is 0 Å². The lowest BCUT2D eigenvalue weighted by Gasteiger charge is -2.31. The number of fused-ring (bicyclic) bond motifs is 1. The van der Waals surface area contributed by atoms with Crippen LogP contribution in [0.15, 0.2) is 17.4 Å². The summed E-state index contributed by atoms with van der Waals surface area (Å²) in [5.74, 6) is -2.35. The van der Waals surface area contributed by atoms with E-state index in [1.54, 1.807) is 6.92 Å². The number of ether oxygens (including phenoxy) is 2. The molecule has 0 saturated heterocycles. The van der Waals surface area contributed by atoms with Crippen LogP contribution < -0.4 is 4.74 Å². The van der Waals surface area contributed by atoms with Crippen LogP contribution in [0.25, 0.3) is 0 Å². The zero-order valence-electron chi connectivity index (χ0n) is 13.3. The van der Waals surface area contributed by atoms with Crippen molar-refractivity contribution in [3.63, 3.8) is 0 Å². The van der Waals surface area contributed by atoms with Crippen molar-refractivity contribution in [1.29, 1.82) is 0 Å². The van der Waals surface area contributed by atoms with E-state index in [0.717, 1.165) is 6.07 Å². The topological polar surface area (TPSA) is 113 Å². The maximum absolute atomic E-state index is 12.7. The van der Waals surface area contributed by atoms with E-state index in [9.17, 15) is 24.9 Å². The van der Waals surface area contributed by atoms with Gasteiger partial charge in [-0.1, -0.05) is 0 Å². The number of aliphatic hydroxyl groups excluding tert-OH is 1. The first-order valence-electron chi connectivity index (χ1n) is 7.65. The Labute approximate surface area is 138 Å². The first-order chi connectivity index (χ1) is 11.3. The second kappa shape index (κ2) is 5.83. The molecule has 2 unspecified atom stereocenters. The van der Waals surface area contributed by atoms with E-state index in [0.29, 0.717) is 19.3 Å². The Morgan fingerprint density at radius 2 is 2.00 bits per heavy atom. The second-order valence-corrected chi connectivity index (χ2v) is 6.03. The van der Waals surface area contributed by atoms with Crippen LogP contribution in [0.5, 0.6) is 17.2 Å². The average Bonchev–Trinajstić information content (AvgIpc) is 2.53. The monoisotopic (exact) mass is 334 g/mol. The van der Waals surface area contributed by atoms with Crippen molar-refractivity contribution >= 4 is 11.6 Å². The molecule has 1 aliphatic carbocycles. The average molecular weight is 334 g/mol. The van der Waals surface area contributed by atoms with Crippen LogP contribution in [-0.4, -0.2) is 46.2 Å². The number of aliphatic hydroxyl groups is 1. The van der Waals surface area contributed by atoms with E-state index in [-0.39, 0.29) is 34.3 Å². The largest absolute Gasteiger partial charge is 0.507 e. The number of hydrogen-bond acceptors (Lipinski definition) is 7. The highest BCUT2D eigenvalue weighted by atomic mass is 16.5. The van der Waals surface area contributed by atoms with Crippen molar-refractivity contribution in [3.8, 4) is 17.2 Å². The number of phenolic OH excluding ortho intramolecular Hbond substituents is 2. The SMILES string of the molecule is COc1cc(O)c2c(c1O)C(=O)C1=C(CCC(CC(C)O)O1)C2=O. The Kier molecular flexibility index (Phi) is 3.96. The van der Waals surface area contributed by atoms with E-state index in [4.69, 9.17) is 9.47 Å². The lowest BCUT2D eigenvalue weighted by atomic mass is 9.82. The van der Waals surface area contributed by atoms with Crippen molar-refractivity contribution in [2.75, 3.05) is 7.11 Å². The summed E-state index contributed by atoms with van der Waals surface area (Å²) in [5.41, 5.74) is -0.350. The quantitative estimate of drug-likeness (QED) is 0.721. The Bertz CT molecular complexity index is 761. The minimum absolute atomic E-state index is 0.104. The molecule has 24 heavy (non-hydrogen) atoms. The summed E-state index contributed by atoms with van der Waals surface area (Å²) >= 11 is 0. The van der Waals surface area contributed by atoms with Crippen LogP contribution in [0.2, 0.25) is 0 Å². The van der Waals surface area contributed by atoms with Crippen LogP contribution >= 0.6 is 0 Å². The molecule has 7 nitrogen and oxygen atoms in total. The molecule has 0 amide bonds. The van der Waals surface area contributed by atoms with Crippen molar-refractivity contribution in [2.24, 2.45) is 0 Å². The Morgan fingerprint density at radius 3 is 2.62 bits per heavy atom. The van der Waals surface area contributed by atoms with Gasteiger partial charge in [0, 0.05) is 18.1 Å². The molecule has 0 spiro atoms. The molecule has 1 heterocycles. The number of benzene rings is 1. The first kappa shape index (κ1) is 16.3. The summed E-state index contributed by atoms with van der Waals surface area (Å²) in [6.45, 7) is 1.62. The van der Waals surface area contributed by atoms with Crippen LogP contribution in [0.3, 0.4) is 0 Å². The van der Waals surface area contributed by atoms with E-state index in [1.165, 1.54) is 7.11 Å². The molecular weight excluding hydrogens is 316 g/mol. The second-order valence-electron chi connectivity index (χ2n) is 6.03. The third kappa shape index (κ3) is 2.41. The molecule has 3 N–H and O–H groups in total. The zero-order valence-corrected chi connectivity index (χ0v) is 13.3. The molecule has 2 aliphatic rings. The summed E-state index contributed by atoms with van der Waals surface area (Å²) in [6.07, 6.45) is 0.143. The van der Waals surface area contributed by atoms with Gasteiger partial charge in [0.05, 0.1) is 24.3 Å². The third-order valence-corrected chi connectivity index (χ3v) is 4.28. The lowest BCUT2D eigenvalue weighted by molar-refractivity contribution is 0.0364. The zero-order chi connectivity index (χ0) is 17.6. The number of hydrogen-bond donors (Lipinski definition) is 3. The van der Waals surface area contributed by atoms with Gasteiger partial charge in [-0.25, -0.2) is 0 Å². The van der Waals surface area contributed by atoms with Crippen molar-refractivity contribution < 1.29 is 34.4 Å². The fourth-order valence-electron chi connectivity index (χ4n) is 3.17. The summed E-state index contributed by atoms with van der Waals surface area (Å²) < 4.78 is 10.5. The van der Waals surface area contributed by atoms with E-state index in [2.05, 4.69) is 0 Å². The molecule has 0 aromatic heterocycles. The van der Waals surface area contributed by atoms with Gasteiger partial charge in [0.2, 0.25) is 5.78 Å². The van der Waals surface area contributed by atoms with Gasteiger partial charge < -0.3 is 24.8 Å². The summed E-state index contributed by atoms with van der Waals surface area (Å²) in [6, 6.07) is 1.10. The van der Waals surface area contributed by atoms with Crippen LogP contribution in [0, 0.1) is 0 Å². The highest BCUT2D eigenvalue weighted by Gasteiger charge is 2.41. The number of aromatic hydroxyl groups is 2. The third-order valence-electron chi connectivity index (χ3n) is 4.28. The molecule has 0 saturated carbocycles. The number of ketones is 2. The fourth-order valence-corrected chi connectivity index (χ4v) is 3.17. The van der Waals surface area contributed by atoms with Gasteiger partial charge in [0.1, 0.15) is 11.9 Å².